The van der Waals surface area contributed by atoms with E-state index in [0.29, 0.717) is 5.78 Å². The Hall–Kier alpha value is -1.36. The standard InChI is InChI=1S/C19H20INO/c20-16-11-5-6-12-17(16)21-19(14-8-2-1-3-9-14)15-10-4-7-13-18(15)22/h1-3,5-6,8-9,11-12,15,19,21H,4,7,10,13H2. The van der Waals surface area contributed by atoms with Crippen molar-refractivity contribution in [1.29, 1.82) is 0 Å². The molecule has 1 saturated carbocycles. The highest BCUT2D eigenvalue weighted by atomic mass is 127. The van der Waals surface area contributed by atoms with Gasteiger partial charge in [-0.2, -0.15) is 0 Å². The molecule has 1 fully saturated rings. The molecule has 2 atom stereocenters. The number of ketones is 1. The van der Waals surface area contributed by atoms with Gasteiger partial charge >= 0.3 is 0 Å². The van der Waals surface area contributed by atoms with E-state index in [-0.39, 0.29) is 12.0 Å². The maximum atomic E-state index is 12.4. The number of halogens is 1. The molecule has 1 aliphatic rings. The second-order valence-electron chi connectivity index (χ2n) is 5.83. The third kappa shape index (κ3) is 3.51. The number of Topliss-reactive ketones (excluding diaryl/α,β-unsaturated/α-hetero) is 1. The number of para-hydroxylation sites is 1. The fourth-order valence-electron chi connectivity index (χ4n) is 3.18. The van der Waals surface area contributed by atoms with Gasteiger partial charge in [-0.1, -0.05) is 48.9 Å². The van der Waals surface area contributed by atoms with Crippen molar-refractivity contribution in [2.24, 2.45) is 5.92 Å². The highest BCUT2D eigenvalue weighted by molar-refractivity contribution is 14.1. The van der Waals surface area contributed by atoms with Crippen molar-refractivity contribution in [2.45, 2.75) is 31.7 Å². The lowest BCUT2D eigenvalue weighted by atomic mass is 9.80. The van der Waals surface area contributed by atoms with Gasteiger partial charge in [0.15, 0.2) is 0 Å². The number of rotatable bonds is 4. The van der Waals surface area contributed by atoms with Gasteiger partial charge in [-0.15, -0.1) is 0 Å². The Morgan fingerprint density at radius 3 is 2.45 bits per heavy atom. The Kier molecular flexibility index (Phi) is 5.13. The van der Waals surface area contributed by atoms with Crippen molar-refractivity contribution in [3.05, 3.63) is 63.7 Å². The van der Waals surface area contributed by atoms with Crippen LogP contribution in [0.3, 0.4) is 0 Å². The van der Waals surface area contributed by atoms with E-state index in [0.717, 1.165) is 31.4 Å². The molecular weight excluding hydrogens is 385 g/mol. The van der Waals surface area contributed by atoms with Crippen LogP contribution in [0, 0.1) is 9.49 Å². The summed E-state index contributed by atoms with van der Waals surface area (Å²) in [6.07, 6.45) is 3.89. The van der Waals surface area contributed by atoms with Crippen molar-refractivity contribution in [2.75, 3.05) is 5.32 Å². The first-order chi connectivity index (χ1) is 10.8. The molecule has 1 aliphatic carbocycles. The Morgan fingerprint density at radius 1 is 1.00 bits per heavy atom. The molecule has 0 aliphatic heterocycles. The minimum absolute atomic E-state index is 0.0601. The number of anilines is 1. The molecule has 3 heteroatoms. The Bertz CT molecular complexity index is 641. The quantitative estimate of drug-likeness (QED) is 0.709. The first-order valence-corrected chi connectivity index (χ1v) is 8.92. The van der Waals surface area contributed by atoms with Crippen LogP contribution in [0.4, 0.5) is 5.69 Å². The predicted octanol–water partition coefficient (Wildman–Crippen LogP) is 5.20. The van der Waals surface area contributed by atoms with E-state index in [2.05, 4.69) is 52.2 Å². The zero-order valence-electron chi connectivity index (χ0n) is 12.5. The van der Waals surface area contributed by atoms with Gasteiger partial charge in [0.2, 0.25) is 0 Å². The van der Waals surface area contributed by atoms with E-state index in [1.54, 1.807) is 0 Å². The minimum Gasteiger partial charge on any atom is -0.377 e. The zero-order chi connectivity index (χ0) is 15.4. The number of benzene rings is 2. The van der Waals surface area contributed by atoms with Crippen LogP contribution in [0.15, 0.2) is 54.6 Å². The smallest absolute Gasteiger partial charge is 0.138 e. The Morgan fingerprint density at radius 2 is 1.73 bits per heavy atom. The number of carbonyl (C=O) groups is 1. The van der Waals surface area contributed by atoms with Crippen LogP contribution in [0.1, 0.15) is 37.3 Å². The van der Waals surface area contributed by atoms with E-state index in [9.17, 15) is 4.79 Å². The largest absolute Gasteiger partial charge is 0.377 e. The molecule has 0 saturated heterocycles. The van der Waals surface area contributed by atoms with Gasteiger partial charge in [0.05, 0.1) is 6.04 Å². The molecule has 114 valence electrons. The van der Waals surface area contributed by atoms with Crippen LogP contribution in [0.5, 0.6) is 0 Å². The van der Waals surface area contributed by atoms with Gasteiger partial charge < -0.3 is 5.32 Å². The number of hydrogen-bond donors (Lipinski definition) is 1. The summed E-state index contributed by atoms with van der Waals surface area (Å²) in [6.45, 7) is 0. The van der Waals surface area contributed by atoms with E-state index in [1.165, 1.54) is 9.13 Å². The summed E-state index contributed by atoms with van der Waals surface area (Å²) in [5.74, 6) is 0.477. The lowest BCUT2D eigenvalue weighted by molar-refractivity contribution is -0.125. The number of carbonyl (C=O) groups excluding carboxylic acids is 1. The summed E-state index contributed by atoms with van der Waals surface area (Å²) < 4.78 is 1.18. The van der Waals surface area contributed by atoms with Crippen LogP contribution in [-0.2, 0) is 4.79 Å². The van der Waals surface area contributed by atoms with Crippen molar-refractivity contribution in [3.63, 3.8) is 0 Å². The first-order valence-electron chi connectivity index (χ1n) is 7.84. The Labute approximate surface area is 145 Å². The summed E-state index contributed by atoms with van der Waals surface area (Å²) in [4.78, 5) is 12.4. The predicted molar refractivity (Wildman–Crippen MR) is 98.9 cm³/mol. The first kappa shape index (κ1) is 15.5. The molecule has 0 heterocycles. The molecular formula is C19H20INO. The van der Waals surface area contributed by atoms with Gasteiger partial charge in [-0.3, -0.25) is 4.79 Å². The molecule has 2 unspecified atom stereocenters. The molecule has 3 rings (SSSR count). The van der Waals surface area contributed by atoms with E-state index in [1.807, 2.05) is 30.3 Å². The monoisotopic (exact) mass is 405 g/mol. The van der Waals surface area contributed by atoms with Crippen molar-refractivity contribution in [3.8, 4) is 0 Å². The van der Waals surface area contributed by atoms with Crippen molar-refractivity contribution >= 4 is 34.1 Å². The molecule has 0 amide bonds. The normalized spacial score (nSPS) is 19.7. The van der Waals surface area contributed by atoms with Crippen LogP contribution in [0.2, 0.25) is 0 Å². The highest BCUT2D eigenvalue weighted by Crippen LogP contribution is 2.35. The molecule has 1 N–H and O–H groups in total. The summed E-state index contributed by atoms with van der Waals surface area (Å²) in [5, 5.41) is 3.64. The minimum atomic E-state index is 0.0601. The fourth-order valence-corrected chi connectivity index (χ4v) is 3.73. The van der Waals surface area contributed by atoms with Crippen molar-refractivity contribution < 1.29 is 4.79 Å². The van der Waals surface area contributed by atoms with Crippen LogP contribution < -0.4 is 5.32 Å². The van der Waals surface area contributed by atoms with Crippen LogP contribution in [0.25, 0.3) is 0 Å². The fraction of sp³-hybridized carbons (Fsp3) is 0.316. The highest BCUT2D eigenvalue weighted by Gasteiger charge is 2.31. The number of nitrogens with one attached hydrogen (secondary N) is 1. The van der Waals surface area contributed by atoms with Gasteiger partial charge in [-0.25, -0.2) is 0 Å². The summed E-state index contributed by atoms with van der Waals surface area (Å²) in [7, 11) is 0. The molecule has 2 nitrogen and oxygen atoms in total. The molecule has 0 bridgehead atoms. The average Bonchev–Trinajstić information content (AvgIpc) is 2.56. The second kappa shape index (κ2) is 7.27. The zero-order valence-corrected chi connectivity index (χ0v) is 14.6. The Balaban J connectivity index is 1.93. The van der Waals surface area contributed by atoms with E-state index >= 15 is 0 Å². The lowest BCUT2D eigenvalue weighted by Crippen LogP contribution is -2.30. The number of hydrogen-bond acceptors (Lipinski definition) is 2. The maximum absolute atomic E-state index is 12.4. The molecule has 0 radical (unpaired) electrons. The van der Waals surface area contributed by atoms with Gasteiger partial charge in [0.1, 0.15) is 5.78 Å². The molecule has 2 aromatic carbocycles. The van der Waals surface area contributed by atoms with E-state index in [4.69, 9.17) is 0 Å². The lowest BCUT2D eigenvalue weighted by Gasteiger charge is -2.31. The van der Waals surface area contributed by atoms with Crippen LogP contribution in [-0.4, -0.2) is 5.78 Å². The SMILES string of the molecule is O=C1CCCCC1C(Nc1ccccc1I)c1ccccc1. The van der Waals surface area contributed by atoms with Crippen LogP contribution >= 0.6 is 22.6 Å². The topological polar surface area (TPSA) is 29.1 Å². The molecule has 2 aromatic rings. The third-order valence-corrected chi connectivity index (χ3v) is 5.29. The average molecular weight is 405 g/mol. The summed E-state index contributed by atoms with van der Waals surface area (Å²) in [6, 6.07) is 18.7. The molecule has 0 aromatic heterocycles. The summed E-state index contributed by atoms with van der Waals surface area (Å²) >= 11 is 2.34. The van der Waals surface area contributed by atoms with Gasteiger partial charge in [-0.05, 0) is 53.1 Å². The summed E-state index contributed by atoms with van der Waals surface area (Å²) in [5.41, 5.74) is 2.30. The maximum Gasteiger partial charge on any atom is 0.138 e. The molecule has 0 spiro atoms. The van der Waals surface area contributed by atoms with E-state index < -0.39 is 0 Å². The van der Waals surface area contributed by atoms with Crippen molar-refractivity contribution in [1.82, 2.24) is 0 Å². The second-order valence-corrected chi connectivity index (χ2v) is 6.99. The third-order valence-electron chi connectivity index (χ3n) is 4.35. The van der Waals surface area contributed by atoms with Gasteiger partial charge in [0.25, 0.3) is 0 Å². The van der Waals surface area contributed by atoms with Gasteiger partial charge in [0, 0.05) is 21.6 Å². The molecule has 22 heavy (non-hydrogen) atoms.